The molecule has 0 aliphatic rings. The molecule has 0 saturated heterocycles. The molecule has 0 saturated carbocycles. The van der Waals surface area contributed by atoms with Gasteiger partial charge in [0, 0.05) is 20.4 Å². The second-order valence-electron chi connectivity index (χ2n) is 3.84. The number of rotatable bonds is 4. The lowest BCUT2D eigenvalue weighted by molar-refractivity contribution is 0.354. The van der Waals surface area contributed by atoms with Crippen LogP contribution in [0.4, 0.5) is 0 Å². The second-order valence-corrected chi connectivity index (χ2v) is 6.05. The zero-order valence-corrected chi connectivity index (χ0v) is 13.6. The fourth-order valence-corrected chi connectivity index (χ4v) is 3.69. The molecular formula is C13H13BrClNO2S. The van der Waals surface area contributed by atoms with E-state index in [0.717, 1.165) is 14.9 Å². The van der Waals surface area contributed by atoms with E-state index in [2.05, 4.69) is 15.9 Å². The first-order chi connectivity index (χ1) is 9.08. The van der Waals surface area contributed by atoms with Gasteiger partial charge in [0.25, 0.3) is 0 Å². The van der Waals surface area contributed by atoms with Gasteiger partial charge in [0.2, 0.25) is 0 Å². The first-order valence-electron chi connectivity index (χ1n) is 5.48. The van der Waals surface area contributed by atoms with Gasteiger partial charge in [-0.3, -0.25) is 0 Å². The maximum atomic E-state index is 6.28. The van der Waals surface area contributed by atoms with Gasteiger partial charge in [0.15, 0.2) is 11.5 Å². The van der Waals surface area contributed by atoms with Crippen molar-refractivity contribution in [2.75, 3.05) is 14.2 Å². The smallest absolute Gasteiger partial charge is 0.162 e. The minimum Gasteiger partial charge on any atom is -0.493 e. The molecular weight excluding hydrogens is 350 g/mol. The number of hydrogen-bond acceptors (Lipinski definition) is 4. The Kier molecular flexibility index (Phi) is 4.73. The van der Waals surface area contributed by atoms with Crippen LogP contribution in [0.15, 0.2) is 28.1 Å². The van der Waals surface area contributed by atoms with E-state index in [1.54, 1.807) is 31.6 Å². The molecule has 102 valence electrons. The van der Waals surface area contributed by atoms with Crippen molar-refractivity contribution < 1.29 is 9.47 Å². The van der Waals surface area contributed by atoms with Crippen LogP contribution >= 0.6 is 38.9 Å². The third-order valence-corrected chi connectivity index (χ3v) is 5.05. The molecule has 2 rings (SSSR count). The Morgan fingerprint density at radius 2 is 1.89 bits per heavy atom. The van der Waals surface area contributed by atoms with E-state index in [4.69, 9.17) is 26.8 Å². The van der Waals surface area contributed by atoms with E-state index < -0.39 is 0 Å². The molecule has 0 amide bonds. The van der Waals surface area contributed by atoms with Crippen LogP contribution in [0.3, 0.4) is 0 Å². The predicted octanol–water partition coefficient (Wildman–Crippen LogP) is 4.23. The normalized spacial score (nSPS) is 12.3. The molecule has 2 aromatic rings. The molecule has 0 aliphatic heterocycles. The zero-order chi connectivity index (χ0) is 14.0. The van der Waals surface area contributed by atoms with Crippen molar-refractivity contribution in [3.63, 3.8) is 0 Å². The summed E-state index contributed by atoms with van der Waals surface area (Å²) >= 11 is 11.3. The van der Waals surface area contributed by atoms with Crippen LogP contribution in [0, 0.1) is 0 Å². The molecule has 1 heterocycles. The molecule has 0 radical (unpaired) electrons. The van der Waals surface area contributed by atoms with Crippen molar-refractivity contribution >= 4 is 38.9 Å². The molecule has 0 bridgehead atoms. The van der Waals surface area contributed by atoms with E-state index in [1.165, 1.54) is 0 Å². The quantitative estimate of drug-likeness (QED) is 0.885. The first-order valence-corrected chi connectivity index (χ1v) is 7.53. The van der Waals surface area contributed by atoms with Crippen LogP contribution in [0.5, 0.6) is 11.5 Å². The molecule has 19 heavy (non-hydrogen) atoms. The molecule has 3 nitrogen and oxygen atoms in total. The summed E-state index contributed by atoms with van der Waals surface area (Å²) in [6.07, 6.45) is 0. The van der Waals surface area contributed by atoms with Gasteiger partial charge >= 0.3 is 0 Å². The highest BCUT2D eigenvalue weighted by atomic mass is 79.9. The van der Waals surface area contributed by atoms with E-state index >= 15 is 0 Å². The fraction of sp³-hybridized carbons (Fsp3) is 0.231. The number of benzene rings is 1. The maximum Gasteiger partial charge on any atom is 0.162 e. The van der Waals surface area contributed by atoms with Crippen LogP contribution < -0.4 is 15.2 Å². The minimum absolute atomic E-state index is 0.304. The molecule has 0 spiro atoms. The van der Waals surface area contributed by atoms with Gasteiger partial charge < -0.3 is 15.2 Å². The number of ether oxygens (including phenoxy) is 2. The van der Waals surface area contributed by atoms with E-state index in [0.29, 0.717) is 16.5 Å². The fourth-order valence-electron chi connectivity index (χ4n) is 1.78. The lowest BCUT2D eigenvalue weighted by atomic mass is 10.1. The molecule has 1 atom stereocenters. The van der Waals surface area contributed by atoms with Gasteiger partial charge in [-0.1, -0.05) is 11.6 Å². The molecule has 2 N–H and O–H groups in total. The van der Waals surface area contributed by atoms with Crippen molar-refractivity contribution in [3.05, 3.63) is 43.5 Å². The monoisotopic (exact) mass is 361 g/mol. The second kappa shape index (κ2) is 6.13. The van der Waals surface area contributed by atoms with Crippen LogP contribution in [0.2, 0.25) is 5.02 Å². The van der Waals surface area contributed by atoms with Crippen molar-refractivity contribution in [2.45, 2.75) is 6.04 Å². The average molecular weight is 363 g/mol. The van der Waals surface area contributed by atoms with E-state index in [-0.39, 0.29) is 6.04 Å². The minimum atomic E-state index is -0.304. The summed E-state index contributed by atoms with van der Waals surface area (Å²) in [7, 11) is 3.16. The van der Waals surface area contributed by atoms with E-state index in [1.807, 2.05) is 17.5 Å². The van der Waals surface area contributed by atoms with Crippen molar-refractivity contribution in [3.8, 4) is 11.5 Å². The molecule has 1 aromatic carbocycles. The number of halogens is 2. The Morgan fingerprint density at radius 1 is 1.26 bits per heavy atom. The van der Waals surface area contributed by atoms with Gasteiger partial charge in [-0.15, -0.1) is 11.3 Å². The molecule has 0 fully saturated rings. The Labute approximate surface area is 129 Å². The number of methoxy groups -OCH3 is 2. The summed E-state index contributed by atoms with van der Waals surface area (Å²) in [6, 6.07) is 5.20. The third-order valence-electron chi connectivity index (χ3n) is 2.77. The standard InChI is InChI=1S/C13H13BrClNO2S/c1-17-10-5-7(9(15)6-11(10)18-2)12(16)13-8(14)3-4-19-13/h3-6,12H,16H2,1-2H3. The Morgan fingerprint density at radius 3 is 2.42 bits per heavy atom. The predicted molar refractivity (Wildman–Crippen MR) is 82.6 cm³/mol. The summed E-state index contributed by atoms with van der Waals surface area (Å²) in [5.74, 6) is 1.21. The lowest BCUT2D eigenvalue weighted by Crippen LogP contribution is -2.11. The van der Waals surface area contributed by atoms with Crippen LogP contribution in [0.1, 0.15) is 16.5 Å². The van der Waals surface area contributed by atoms with Gasteiger partial charge in [-0.05, 0) is 39.0 Å². The highest BCUT2D eigenvalue weighted by Gasteiger charge is 2.19. The Bertz CT molecular complexity index is 588. The van der Waals surface area contributed by atoms with Crippen molar-refractivity contribution in [1.82, 2.24) is 0 Å². The average Bonchev–Trinajstić information content (AvgIpc) is 2.83. The highest BCUT2D eigenvalue weighted by Crippen LogP contribution is 2.39. The number of thiophene rings is 1. The molecule has 0 aliphatic carbocycles. The Hall–Kier alpha value is -0.750. The SMILES string of the molecule is COc1cc(Cl)c(C(N)c2sccc2Br)cc1OC. The lowest BCUT2D eigenvalue weighted by Gasteiger charge is -2.16. The Balaban J connectivity index is 2.48. The summed E-state index contributed by atoms with van der Waals surface area (Å²) < 4.78 is 11.5. The van der Waals surface area contributed by atoms with Gasteiger partial charge in [-0.25, -0.2) is 0 Å². The topological polar surface area (TPSA) is 44.5 Å². The van der Waals surface area contributed by atoms with Gasteiger partial charge in [-0.2, -0.15) is 0 Å². The van der Waals surface area contributed by atoms with Crippen LogP contribution in [-0.2, 0) is 0 Å². The van der Waals surface area contributed by atoms with Crippen molar-refractivity contribution in [2.24, 2.45) is 5.73 Å². The van der Waals surface area contributed by atoms with Crippen molar-refractivity contribution in [1.29, 1.82) is 0 Å². The largest absolute Gasteiger partial charge is 0.493 e. The summed E-state index contributed by atoms with van der Waals surface area (Å²) in [6.45, 7) is 0. The molecule has 6 heteroatoms. The molecule has 1 aromatic heterocycles. The third kappa shape index (κ3) is 2.89. The summed E-state index contributed by atoms with van der Waals surface area (Å²) in [5, 5.41) is 2.54. The molecule has 1 unspecified atom stereocenters. The van der Waals surface area contributed by atoms with Crippen LogP contribution in [0.25, 0.3) is 0 Å². The number of nitrogens with two attached hydrogens (primary N) is 1. The van der Waals surface area contributed by atoms with Gasteiger partial charge in [0.05, 0.1) is 20.3 Å². The summed E-state index contributed by atoms with van der Waals surface area (Å²) in [4.78, 5) is 1.02. The maximum absolute atomic E-state index is 6.28. The van der Waals surface area contributed by atoms with Gasteiger partial charge in [0.1, 0.15) is 0 Å². The first kappa shape index (κ1) is 14.7. The highest BCUT2D eigenvalue weighted by molar-refractivity contribution is 9.10. The van der Waals surface area contributed by atoms with E-state index in [9.17, 15) is 0 Å². The zero-order valence-electron chi connectivity index (χ0n) is 10.4. The van der Waals surface area contributed by atoms with Crippen LogP contribution in [-0.4, -0.2) is 14.2 Å². The number of hydrogen-bond donors (Lipinski definition) is 1. The summed E-state index contributed by atoms with van der Waals surface area (Å²) in [5.41, 5.74) is 7.08.